The molecule has 0 aromatic carbocycles. The number of aliphatic carboxylic acids is 1. The third kappa shape index (κ3) is 1.95. The van der Waals surface area contributed by atoms with Crippen LogP contribution in [0.2, 0.25) is 0 Å². The lowest BCUT2D eigenvalue weighted by Crippen LogP contribution is -2.27. The Morgan fingerprint density at radius 2 is 2.39 bits per heavy atom. The summed E-state index contributed by atoms with van der Waals surface area (Å²) in [5.41, 5.74) is 1.12. The van der Waals surface area contributed by atoms with Gasteiger partial charge in [0.1, 0.15) is 6.10 Å². The Labute approximate surface area is 104 Å². The number of likely N-dealkylation sites (tertiary alicyclic amines) is 1. The molecule has 1 saturated heterocycles. The first-order valence-corrected chi connectivity index (χ1v) is 5.83. The van der Waals surface area contributed by atoms with Crippen molar-refractivity contribution < 1.29 is 14.7 Å². The van der Waals surface area contributed by atoms with Crippen molar-refractivity contribution in [3.8, 4) is 0 Å². The number of rotatable bonds is 3. The van der Waals surface area contributed by atoms with Crippen molar-refractivity contribution in [3.63, 3.8) is 0 Å². The predicted molar refractivity (Wildman–Crippen MR) is 62.9 cm³/mol. The maximum Gasteiger partial charge on any atom is 0.354 e. The Hall–Kier alpha value is -1.95. The van der Waals surface area contributed by atoms with Crippen LogP contribution in [-0.4, -0.2) is 45.9 Å². The van der Waals surface area contributed by atoms with Gasteiger partial charge >= 0.3 is 5.97 Å². The van der Waals surface area contributed by atoms with Gasteiger partial charge in [0.15, 0.2) is 5.71 Å². The lowest BCUT2D eigenvalue weighted by atomic mass is 10.0. The molecule has 2 aliphatic rings. The maximum atomic E-state index is 11.0. The predicted octanol–water partition coefficient (Wildman–Crippen LogP) is 0.353. The number of hydrogen-bond donors (Lipinski definition) is 1. The normalized spacial score (nSPS) is 26.6. The Morgan fingerprint density at radius 3 is 3.11 bits per heavy atom. The smallest absolute Gasteiger partial charge is 0.354 e. The molecule has 94 valence electrons. The fourth-order valence-electron chi connectivity index (χ4n) is 2.46. The van der Waals surface area contributed by atoms with Gasteiger partial charge in [-0.15, -0.1) is 0 Å². The quantitative estimate of drug-likeness (QED) is 0.834. The van der Waals surface area contributed by atoms with E-state index in [9.17, 15) is 4.79 Å². The number of hydrogen-bond acceptors (Lipinski definition) is 5. The number of carbonyl (C=O) groups is 1. The van der Waals surface area contributed by atoms with E-state index in [0.717, 1.165) is 5.69 Å². The Balaban J connectivity index is 1.66. The summed E-state index contributed by atoms with van der Waals surface area (Å²) in [6.07, 6.45) is 1.63. The van der Waals surface area contributed by atoms with Gasteiger partial charge in [0.25, 0.3) is 0 Å². The summed E-state index contributed by atoms with van der Waals surface area (Å²) in [7, 11) is 0. The second-order valence-corrected chi connectivity index (χ2v) is 4.55. The summed E-state index contributed by atoms with van der Waals surface area (Å²) in [6, 6.07) is 5.78. The molecule has 0 radical (unpaired) electrons. The molecule has 1 N–H and O–H groups in total. The van der Waals surface area contributed by atoms with Crippen LogP contribution < -0.4 is 0 Å². The SMILES string of the molecule is O=C(O)C1=NOC2CN(Cc3ccccn3)CC12. The highest BCUT2D eigenvalue weighted by atomic mass is 16.6. The molecule has 1 aromatic rings. The van der Waals surface area contributed by atoms with Crippen LogP contribution in [0.5, 0.6) is 0 Å². The van der Waals surface area contributed by atoms with Crippen LogP contribution in [0.1, 0.15) is 5.69 Å². The third-order valence-electron chi connectivity index (χ3n) is 3.31. The monoisotopic (exact) mass is 247 g/mol. The number of nitrogens with zero attached hydrogens (tertiary/aromatic N) is 3. The van der Waals surface area contributed by atoms with Crippen molar-refractivity contribution >= 4 is 11.7 Å². The van der Waals surface area contributed by atoms with Gasteiger partial charge in [-0.1, -0.05) is 11.2 Å². The molecule has 0 saturated carbocycles. The second-order valence-electron chi connectivity index (χ2n) is 4.55. The molecule has 2 atom stereocenters. The number of pyridine rings is 1. The molecule has 0 spiro atoms. The number of oxime groups is 1. The van der Waals surface area contributed by atoms with E-state index < -0.39 is 5.97 Å². The Morgan fingerprint density at radius 1 is 1.50 bits per heavy atom. The summed E-state index contributed by atoms with van der Waals surface area (Å²) in [4.78, 5) is 22.5. The van der Waals surface area contributed by atoms with E-state index in [1.165, 1.54) is 0 Å². The first kappa shape index (κ1) is 11.2. The van der Waals surface area contributed by atoms with Crippen molar-refractivity contribution in [3.05, 3.63) is 30.1 Å². The van der Waals surface area contributed by atoms with Gasteiger partial charge in [-0.05, 0) is 12.1 Å². The minimum atomic E-state index is -0.984. The van der Waals surface area contributed by atoms with Gasteiger partial charge in [0, 0.05) is 25.8 Å². The molecule has 3 rings (SSSR count). The van der Waals surface area contributed by atoms with Gasteiger partial charge in [-0.3, -0.25) is 9.88 Å². The number of carboxylic acids is 1. The van der Waals surface area contributed by atoms with Gasteiger partial charge in [-0.25, -0.2) is 4.79 Å². The molecule has 6 nitrogen and oxygen atoms in total. The molecular weight excluding hydrogens is 234 g/mol. The largest absolute Gasteiger partial charge is 0.477 e. The average molecular weight is 247 g/mol. The standard InChI is InChI=1S/C12H13N3O3/c16-12(17)11-9-6-15(7-10(9)18-14-11)5-8-3-1-2-4-13-8/h1-4,9-10H,5-7H2,(H,16,17). The van der Waals surface area contributed by atoms with E-state index in [4.69, 9.17) is 9.94 Å². The molecule has 2 unspecified atom stereocenters. The van der Waals surface area contributed by atoms with Gasteiger partial charge in [-0.2, -0.15) is 0 Å². The lowest BCUT2D eigenvalue weighted by Gasteiger charge is -2.14. The Bertz CT molecular complexity index is 489. The summed E-state index contributed by atoms with van der Waals surface area (Å²) in [5, 5.41) is 12.6. The molecule has 0 amide bonds. The maximum absolute atomic E-state index is 11.0. The molecule has 2 aliphatic heterocycles. The van der Waals surface area contributed by atoms with Gasteiger partial charge in [0.2, 0.25) is 0 Å². The highest BCUT2D eigenvalue weighted by Crippen LogP contribution is 2.27. The van der Waals surface area contributed by atoms with E-state index in [1.807, 2.05) is 18.2 Å². The molecular formula is C12H13N3O3. The van der Waals surface area contributed by atoms with Crippen molar-refractivity contribution in [2.24, 2.45) is 11.1 Å². The number of carboxylic acid groups (broad SMARTS) is 1. The molecule has 18 heavy (non-hydrogen) atoms. The van der Waals surface area contributed by atoms with Crippen LogP contribution in [0, 0.1) is 5.92 Å². The summed E-state index contributed by atoms with van der Waals surface area (Å²) >= 11 is 0. The molecule has 0 aliphatic carbocycles. The van der Waals surface area contributed by atoms with Crippen LogP contribution >= 0.6 is 0 Å². The fourth-order valence-corrected chi connectivity index (χ4v) is 2.46. The third-order valence-corrected chi connectivity index (χ3v) is 3.31. The van der Waals surface area contributed by atoms with Crippen LogP contribution in [0.15, 0.2) is 29.6 Å². The molecule has 6 heteroatoms. The average Bonchev–Trinajstić information content (AvgIpc) is 2.89. The second kappa shape index (κ2) is 4.38. The minimum Gasteiger partial charge on any atom is -0.477 e. The van der Waals surface area contributed by atoms with Crippen LogP contribution in [0.3, 0.4) is 0 Å². The van der Waals surface area contributed by atoms with Crippen molar-refractivity contribution in [2.75, 3.05) is 13.1 Å². The molecule has 0 bridgehead atoms. The summed E-state index contributed by atoms with van der Waals surface area (Å²) in [6.45, 7) is 2.07. The van der Waals surface area contributed by atoms with Gasteiger partial charge < -0.3 is 9.94 Å². The van der Waals surface area contributed by atoms with E-state index in [1.54, 1.807) is 6.20 Å². The topological polar surface area (TPSA) is 75.0 Å². The highest BCUT2D eigenvalue weighted by molar-refractivity contribution is 6.36. The van der Waals surface area contributed by atoms with Crippen molar-refractivity contribution in [1.82, 2.24) is 9.88 Å². The highest BCUT2D eigenvalue weighted by Gasteiger charge is 2.44. The van der Waals surface area contributed by atoms with E-state index in [0.29, 0.717) is 19.6 Å². The zero-order valence-electron chi connectivity index (χ0n) is 9.69. The van der Waals surface area contributed by atoms with E-state index in [2.05, 4.69) is 15.0 Å². The Kier molecular flexibility index (Phi) is 2.71. The van der Waals surface area contributed by atoms with Crippen LogP contribution in [-0.2, 0) is 16.2 Å². The van der Waals surface area contributed by atoms with E-state index in [-0.39, 0.29) is 17.7 Å². The minimum absolute atomic E-state index is 0.119. The lowest BCUT2D eigenvalue weighted by molar-refractivity contribution is -0.129. The zero-order chi connectivity index (χ0) is 12.5. The number of fused-ring (bicyclic) bond motifs is 1. The first-order chi connectivity index (χ1) is 8.74. The summed E-state index contributed by atoms with van der Waals surface area (Å²) in [5.74, 6) is -1.10. The van der Waals surface area contributed by atoms with Crippen LogP contribution in [0.25, 0.3) is 0 Å². The first-order valence-electron chi connectivity index (χ1n) is 5.83. The van der Waals surface area contributed by atoms with Crippen LogP contribution in [0.4, 0.5) is 0 Å². The zero-order valence-corrected chi connectivity index (χ0v) is 9.69. The molecule has 1 fully saturated rings. The molecule has 3 heterocycles. The summed E-state index contributed by atoms with van der Waals surface area (Å²) < 4.78 is 0. The van der Waals surface area contributed by atoms with Gasteiger partial charge in [0.05, 0.1) is 11.6 Å². The van der Waals surface area contributed by atoms with Crippen molar-refractivity contribution in [2.45, 2.75) is 12.6 Å². The van der Waals surface area contributed by atoms with E-state index >= 15 is 0 Å². The number of aromatic nitrogens is 1. The van der Waals surface area contributed by atoms with Crippen molar-refractivity contribution in [1.29, 1.82) is 0 Å². The fraction of sp³-hybridized carbons (Fsp3) is 0.417. The molecule has 1 aromatic heterocycles.